The summed E-state index contributed by atoms with van der Waals surface area (Å²) in [5, 5.41) is 12.6. The molecule has 0 aromatic heterocycles. The summed E-state index contributed by atoms with van der Waals surface area (Å²) in [4.78, 5) is 0. The zero-order valence-corrected chi connectivity index (χ0v) is 12.3. The highest BCUT2D eigenvalue weighted by Gasteiger charge is 2.35. The molecule has 0 radical (unpaired) electrons. The molecule has 0 bridgehead atoms. The number of methoxy groups -OCH3 is 1. The summed E-state index contributed by atoms with van der Waals surface area (Å²) < 4.78 is 5.60. The van der Waals surface area contributed by atoms with Gasteiger partial charge in [0.05, 0.1) is 12.7 Å². The number of nitrogens with zero attached hydrogens (tertiary/aromatic N) is 1. The normalized spacial score (nSPS) is 16.5. The molecule has 0 atom stereocenters. The SMILES string of the molecule is COc1ccc(CNCC2(SC)CCC2)cc1C#N. The topological polar surface area (TPSA) is 45.0 Å². The van der Waals surface area contributed by atoms with Gasteiger partial charge in [0.2, 0.25) is 0 Å². The van der Waals surface area contributed by atoms with Crippen LogP contribution in [0.15, 0.2) is 18.2 Å². The first kappa shape index (κ1) is 14.2. The minimum Gasteiger partial charge on any atom is -0.495 e. The Morgan fingerprint density at radius 3 is 2.79 bits per heavy atom. The molecule has 1 aromatic carbocycles. The van der Waals surface area contributed by atoms with Gasteiger partial charge in [-0.2, -0.15) is 17.0 Å². The van der Waals surface area contributed by atoms with Gasteiger partial charge in [0.1, 0.15) is 11.8 Å². The summed E-state index contributed by atoms with van der Waals surface area (Å²) >= 11 is 1.97. The van der Waals surface area contributed by atoms with Gasteiger partial charge in [0.25, 0.3) is 0 Å². The van der Waals surface area contributed by atoms with Gasteiger partial charge in [0.15, 0.2) is 0 Å². The molecule has 1 aliphatic carbocycles. The van der Waals surface area contributed by atoms with E-state index in [1.807, 2.05) is 30.0 Å². The first-order valence-electron chi connectivity index (χ1n) is 6.56. The Hall–Kier alpha value is -1.18. The summed E-state index contributed by atoms with van der Waals surface area (Å²) in [6.45, 7) is 1.85. The van der Waals surface area contributed by atoms with E-state index in [9.17, 15) is 0 Å². The quantitative estimate of drug-likeness (QED) is 0.867. The van der Waals surface area contributed by atoms with Crippen LogP contribution in [0, 0.1) is 11.3 Å². The predicted octanol–water partition coefficient (Wildman–Crippen LogP) is 2.94. The lowest BCUT2D eigenvalue weighted by atomic mass is 9.84. The van der Waals surface area contributed by atoms with Gasteiger partial charge in [-0.25, -0.2) is 0 Å². The van der Waals surface area contributed by atoms with Crippen LogP contribution in [-0.2, 0) is 6.54 Å². The van der Waals surface area contributed by atoms with Gasteiger partial charge in [0, 0.05) is 17.8 Å². The van der Waals surface area contributed by atoms with Gasteiger partial charge >= 0.3 is 0 Å². The molecule has 1 fully saturated rings. The van der Waals surface area contributed by atoms with Crippen LogP contribution in [-0.4, -0.2) is 24.7 Å². The van der Waals surface area contributed by atoms with Crippen molar-refractivity contribution in [3.05, 3.63) is 29.3 Å². The Kier molecular flexibility index (Phi) is 4.73. The second-order valence-corrected chi connectivity index (χ2v) is 6.26. The third-order valence-corrected chi connectivity index (χ3v) is 5.28. The molecule has 1 N–H and O–H groups in total. The molecular weight excluding hydrogens is 256 g/mol. The Morgan fingerprint density at radius 1 is 1.47 bits per heavy atom. The number of nitriles is 1. The zero-order chi connectivity index (χ0) is 13.7. The Morgan fingerprint density at radius 2 is 2.26 bits per heavy atom. The number of ether oxygens (including phenoxy) is 1. The monoisotopic (exact) mass is 276 g/mol. The van der Waals surface area contributed by atoms with Crippen molar-refractivity contribution in [3.63, 3.8) is 0 Å². The van der Waals surface area contributed by atoms with E-state index in [0.29, 0.717) is 16.1 Å². The molecule has 0 saturated heterocycles. The summed E-state index contributed by atoms with van der Waals surface area (Å²) in [6, 6.07) is 7.95. The average molecular weight is 276 g/mol. The largest absolute Gasteiger partial charge is 0.495 e. The molecule has 1 aliphatic rings. The fraction of sp³-hybridized carbons (Fsp3) is 0.533. The van der Waals surface area contributed by atoms with Crippen LogP contribution < -0.4 is 10.1 Å². The van der Waals surface area contributed by atoms with Crippen molar-refractivity contribution >= 4 is 11.8 Å². The number of rotatable bonds is 6. The van der Waals surface area contributed by atoms with Crippen LogP contribution >= 0.6 is 11.8 Å². The summed E-state index contributed by atoms with van der Waals surface area (Å²) in [7, 11) is 1.59. The Balaban J connectivity index is 1.91. The molecule has 0 spiro atoms. The van der Waals surface area contributed by atoms with Gasteiger partial charge in [-0.1, -0.05) is 12.5 Å². The third kappa shape index (κ3) is 3.23. The van der Waals surface area contributed by atoms with Gasteiger partial charge in [-0.05, 0) is 36.8 Å². The van der Waals surface area contributed by atoms with Crippen LogP contribution in [0.4, 0.5) is 0 Å². The van der Waals surface area contributed by atoms with E-state index >= 15 is 0 Å². The first-order chi connectivity index (χ1) is 9.23. The second kappa shape index (κ2) is 6.31. The molecular formula is C15H20N2OS. The van der Waals surface area contributed by atoms with Gasteiger partial charge < -0.3 is 10.1 Å². The van der Waals surface area contributed by atoms with E-state index in [4.69, 9.17) is 10.00 Å². The van der Waals surface area contributed by atoms with Crippen LogP contribution in [0.3, 0.4) is 0 Å². The van der Waals surface area contributed by atoms with Crippen LogP contribution in [0.1, 0.15) is 30.4 Å². The lowest BCUT2D eigenvalue weighted by Crippen LogP contribution is -2.43. The van der Waals surface area contributed by atoms with E-state index in [2.05, 4.69) is 17.6 Å². The molecule has 1 aromatic rings. The molecule has 0 amide bonds. The highest BCUT2D eigenvalue weighted by molar-refractivity contribution is 8.00. The summed E-state index contributed by atoms with van der Waals surface area (Å²) in [5.74, 6) is 0.644. The van der Waals surface area contributed by atoms with Crippen molar-refractivity contribution in [2.75, 3.05) is 19.9 Å². The average Bonchev–Trinajstić information content (AvgIpc) is 2.41. The standard InChI is InChI=1S/C15H20N2OS/c1-18-14-5-4-12(8-13(14)9-16)10-17-11-15(19-2)6-3-7-15/h4-5,8,17H,3,6-7,10-11H2,1-2H3. The molecule has 102 valence electrons. The van der Waals surface area contributed by atoms with E-state index in [0.717, 1.165) is 18.7 Å². The molecule has 0 heterocycles. The van der Waals surface area contributed by atoms with Crippen molar-refractivity contribution in [2.24, 2.45) is 0 Å². The zero-order valence-electron chi connectivity index (χ0n) is 11.5. The third-order valence-electron chi connectivity index (χ3n) is 3.86. The van der Waals surface area contributed by atoms with Crippen LogP contribution in [0.25, 0.3) is 0 Å². The van der Waals surface area contributed by atoms with Gasteiger partial charge in [-0.3, -0.25) is 0 Å². The molecule has 1 saturated carbocycles. The fourth-order valence-corrected chi connectivity index (χ4v) is 3.35. The Labute approximate surface area is 119 Å². The fourth-order valence-electron chi connectivity index (χ4n) is 2.41. The molecule has 2 rings (SSSR count). The lowest BCUT2D eigenvalue weighted by molar-refractivity contribution is 0.345. The van der Waals surface area contributed by atoms with E-state index in [1.54, 1.807) is 7.11 Å². The summed E-state index contributed by atoms with van der Waals surface area (Å²) in [6.07, 6.45) is 6.17. The summed E-state index contributed by atoms with van der Waals surface area (Å²) in [5.41, 5.74) is 1.73. The van der Waals surface area contributed by atoms with Crippen LogP contribution in [0.2, 0.25) is 0 Å². The number of nitrogens with one attached hydrogen (secondary N) is 1. The van der Waals surface area contributed by atoms with Crippen molar-refractivity contribution in [2.45, 2.75) is 30.6 Å². The molecule has 0 aliphatic heterocycles. The predicted molar refractivity (Wildman–Crippen MR) is 79.5 cm³/mol. The van der Waals surface area contributed by atoms with Crippen molar-refractivity contribution in [1.82, 2.24) is 5.32 Å². The molecule has 3 nitrogen and oxygen atoms in total. The maximum Gasteiger partial charge on any atom is 0.136 e. The molecule has 19 heavy (non-hydrogen) atoms. The molecule has 0 unspecified atom stereocenters. The van der Waals surface area contributed by atoms with E-state index in [-0.39, 0.29) is 0 Å². The van der Waals surface area contributed by atoms with Gasteiger partial charge in [-0.15, -0.1) is 0 Å². The highest BCUT2D eigenvalue weighted by atomic mass is 32.2. The smallest absolute Gasteiger partial charge is 0.136 e. The highest BCUT2D eigenvalue weighted by Crippen LogP contribution is 2.42. The Bertz CT molecular complexity index is 472. The van der Waals surface area contributed by atoms with E-state index in [1.165, 1.54) is 19.3 Å². The minimum absolute atomic E-state index is 0.449. The number of hydrogen-bond donors (Lipinski definition) is 1. The van der Waals surface area contributed by atoms with Crippen LogP contribution in [0.5, 0.6) is 5.75 Å². The van der Waals surface area contributed by atoms with E-state index < -0.39 is 0 Å². The molecule has 4 heteroatoms. The maximum absolute atomic E-state index is 9.06. The second-order valence-electron chi connectivity index (χ2n) is 4.99. The minimum atomic E-state index is 0.449. The number of benzene rings is 1. The van der Waals surface area contributed by atoms with Crippen molar-refractivity contribution in [3.8, 4) is 11.8 Å². The van der Waals surface area contributed by atoms with Crippen molar-refractivity contribution in [1.29, 1.82) is 5.26 Å². The lowest BCUT2D eigenvalue weighted by Gasteiger charge is -2.40. The van der Waals surface area contributed by atoms with Crippen molar-refractivity contribution < 1.29 is 4.74 Å². The number of thioether (sulfide) groups is 1. The first-order valence-corrected chi connectivity index (χ1v) is 7.78. The maximum atomic E-state index is 9.06. The number of hydrogen-bond acceptors (Lipinski definition) is 4.